The standard InChI is InChI=1S/C14H23N3O/c1-11-13(10-16-17-11)9-15-14(18)8-12-6-4-2-3-5-7-12/h10,12H,2-9H2,1H3,(H,15,18)(H,16,17). The van der Waals surface area contributed by atoms with E-state index in [1.807, 2.05) is 6.92 Å². The minimum atomic E-state index is 0.183. The van der Waals surface area contributed by atoms with Crippen LogP contribution >= 0.6 is 0 Å². The second kappa shape index (κ2) is 6.57. The molecule has 0 bridgehead atoms. The van der Waals surface area contributed by atoms with Crippen LogP contribution in [0.3, 0.4) is 0 Å². The van der Waals surface area contributed by atoms with Gasteiger partial charge >= 0.3 is 0 Å². The fraction of sp³-hybridized carbons (Fsp3) is 0.714. The minimum absolute atomic E-state index is 0.183. The summed E-state index contributed by atoms with van der Waals surface area (Å²) in [5.41, 5.74) is 2.11. The van der Waals surface area contributed by atoms with Crippen molar-refractivity contribution in [1.82, 2.24) is 15.5 Å². The molecule has 1 amide bonds. The molecule has 1 fully saturated rings. The number of amides is 1. The zero-order valence-electron chi connectivity index (χ0n) is 11.2. The second-order valence-corrected chi connectivity index (χ2v) is 5.36. The van der Waals surface area contributed by atoms with Gasteiger partial charge in [-0.15, -0.1) is 0 Å². The zero-order chi connectivity index (χ0) is 12.8. The molecule has 1 aliphatic carbocycles. The summed E-state index contributed by atoms with van der Waals surface area (Å²) in [5.74, 6) is 0.778. The van der Waals surface area contributed by atoms with Gasteiger partial charge in [0.15, 0.2) is 0 Å². The lowest BCUT2D eigenvalue weighted by molar-refractivity contribution is -0.122. The summed E-state index contributed by atoms with van der Waals surface area (Å²) in [6.45, 7) is 2.56. The summed E-state index contributed by atoms with van der Waals surface area (Å²) in [6, 6.07) is 0. The molecule has 1 heterocycles. The first-order valence-electron chi connectivity index (χ1n) is 7.01. The van der Waals surface area contributed by atoms with Gasteiger partial charge in [-0.3, -0.25) is 9.89 Å². The predicted molar refractivity (Wildman–Crippen MR) is 71.0 cm³/mol. The van der Waals surface area contributed by atoms with Crippen molar-refractivity contribution in [3.8, 4) is 0 Å². The molecule has 1 aliphatic rings. The van der Waals surface area contributed by atoms with Crippen molar-refractivity contribution in [2.45, 2.75) is 58.4 Å². The molecule has 1 saturated carbocycles. The third kappa shape index (κ3) is 3.86. The van der Waals surface area contributed by atoms with Crippen molar-refractivity contribution in [2.75, 3.05) is 0 Å². The largest absolute Gasteiger partial charge is 0.352 e. The number of hydrogen-bond donors (Lipinski definition) is 2. The van der Waals surface area contributed by atoms with Gasteiger partial charge in [-0.1, -0.05) is 25.7 Å². The molecule has 18 heavy (non-hydrogen) atoms. The van der Waals surface area contributed by atoms with Gasteiger partial charge in [0, 0.05) is 24.2 Å². The van der Waals surface area contributed by atoms with E-state index in [0.717, 1.165) is 11.3 Å². The second-order valence-electron chi connectivity index (χ2n) is 5.36. The van der Waals surface area contributed by atoms with E-state index >= 15 is 0 Å². The third-order valence-corrected chi connectivity index (χ3v) is 3.86. The van der Waals surface area contributed by atoms with E-state index in [2.05, 4.69) is 15.5 Å². The van der Waals surface area contributed by atoms with E-state index in [4.69, 9.17) is 0 Å². The molecule has 0 aliphatic heterocycles. The summed E-state index contributed by atoms with van der Waals surface area (Å²) < 4.78 is 0. The van der Waals surface area contributed by atoms with Crippen LogP contribution in [-0.4, -0.2) is 16.1 Å². The quantitative estimate of drug-likeness (QED) is 0.806. The number of H-pyrrole nitrogens is 1. The number of aromatic nitrogens is 2. The number of aromatic amines is 1. The Kier molecular flexibility index (Phi) is 4.79. The van der Waals surface area contributed by atoms with E-state index in [1.54, 1.807) is 6.20 Å². The number of aryl methyl sites for hydroxylation is 1. The van der Waals surface area contributed by atoms with Crippen LogP contribution in [0.2, 0.25) is 0 Å². The molecular weight excluding hydrogens is 226 g/mol. The SMILES string of the molecule is Cc1[nH]ncc1CNC(=O)CC1CCCCCC1. The number of carbonyl (C=O) groups excluding carboxylic acids is 1. The Hall–Kier alpha value is -1.32. The van der Waals surface area contributed by atoms with Gasteiger partial charge < -0.3 is 5.32 Å². The van der Waals surface area contributed by atoms with Gasteiger partial charge in [-0.2, -0.15) is 5.10 Å². The number of nitrogens with one attached hydrogen (secondary N) is 2. The van der Waals surface area contributed by atoms with Gasteiger partial charge in [0.25, 0.3) is 0 Å². The fourth-order valence-corrected chi connectivity index (χ4v) is 2.65. The third-order valence-electron chi connectivity index (χ3n) is 3.86. The van der Waals surface area contributed by atoms with Gasteiger partial charge in [-0.25, -0.2) is 0 Å². The van der Waals surface area contributed by atoms with E-state index in [-0.39, 0.29) is 5.91 Å². The maximum absolute atomic E-state index is 11.9. The van der Waals surface area contributed by atoms with Gasteiger partial charge in [-0.05, 0) is 25.7 Å². The summed E-state index contributed by atoms with van der Waals surface area (Å²) in [4.78, 5) is 11.9. The van der Waals surface area contributed by atoms with Crippen LogP contribution in [-0.2, 0) is 11.3 Å². The molecule has 0 radical (unpaired) electrons. The Morgan fingerprint density at radius 2 is 2.11 bits per heavy atom. The molecule has 0 atom stereocenters. The van der Waals surface area contributed by atoms with Gasteiger partial charge in [0.1, 0.15) is 0 Å². The molecule has 0 spiro atoms. The van der Waals surface area contributed by atoms with E-state index in [1.165, 1.54) is 38.5 Å². The normalized spacial score (nSPS) is 17.4. The van der Waals surface area contributed by atoms with Crippen LogP contribution in [0.4, 0.5) is 0 Å². The van der Waals surface area contributed by atoms with Crippen molar-refractivity contribution in [3.63, 3.8) is 0 Å². The molecule has 0 saturated heterocycles. The summed E-state index contributed by atoms with van der Waals surface area (Å²) in [7, 11) is 0. The lowest BCUT2D eigenvalue weighted by Gasteiger charge is -2.13. The Labute approximate surface area is 109 Å². The van der Waals surface area contributed by atoms with Crippen LogP contribution in [0.5, 0.6) is 0 Å². The van der Waals surface area contributed by atoms with Crippen molar-refractivity contribution >= 4 is 5.91 Å². The number of nitrogens with zero attached hydrogens (tertiary/aromatic N) is 1. The van der Waals surface area contributed by atoms with Crippen molar-refractivity contribution < 1.29 is 4.79 Å². The molecule has 0 unspecified atom stereocenters. The van der Waals surface area contributed by atoms with Crippen molar-refractivity contribution in [3.05, 3.63) is 17.5 Å². The molecule has 2 N–H and O–H groups in total. The Bertz CT molecular complexity index is 378. The molecule has 2 rings (SSSR count). The number of rotatable bonds is 4. The van der Waals surface area contributed by atoms with Gasteiger partial charge in [0.05, 0.1) is 6.20 Å². The highest BCUT2D eigenvalue weighted by atomic mass is 16.1. The zero-order valence-corrected chi connectivity index (χ0v) is 11.2. The molecule has 1 aromatic rings. The topological polar surface area (TPSA) is 57.8 Å². The number of hydrogen-bond acceptors (Lipinski definition) is 2. The first-order valence-corrected chi connectivity index (χ1v) is 7.01. The highest BCUT2D eigenvalue weighted by Crippen LogP contribution is 2.25. The average molecular weight is 249 g/mol. The summed E-state index contributed by atoms with van der Waals surface area (Å²) >= 11 is 0. The fourth-order valence-electron chi connectivity index (χ4n) is 2.65. The van der Waals surface area contributed by atoms with Crippen molar-refractivity contribution in [2.24, 2.45) is 5.92 Å². The molecule has 1 aromatic heterocycles. The minimum Gasteiger partial charge on any atom is -0.352 e. The summed E-state index contributed by atoms with van der Waals surface area (Å²) in [6.07, 6.45) is 10.2. The smallest absolute Gasteiger partial charge is 0.220 e. The average Bonchev–Trinajstić information content (AvgIpc) is 2.61. The van der Waals surface area contributed by atoms with Crippen LogP contribution in [0, 0.1) is 12.8 Å². The van der Waals surface area contributed by atoms with E-state index in [9.17, 15) is 4.79 Å². The van der Waals surface area contributed by atoms with Crippen LogP contribution in [0.15, 0.2) is 6.20 Å². The van der Waals surface area contributed by atoms with Crippen LogP contribution in [0.1, 0.15) is 56.2 Å². The van der Waals surface area contributed by atoms with Crippen LogP contribution < -0.4 is 5.32 Å². The molecule has 4 nitrogen and oxygen atoms in total. The van der Waals surface area contributed by atoms with E-state index in [0.29, 0.717) is 18.9 Å². The maximum atomic E-state index is 11.9. The predicted octanol–water partition coefficient (Wildman–Crippen LogP) is 2.69. The van der Waals surface area contributed by atoms with Crippen molar-refractivity contribution in [1.29, 1.82) is 0 Å². The number of carbonyl (C=O) groups is 1. The lowest BCUT2D eigenvalue weighted by Crippen LogP contribution is -2.25. The molecule has 4 heteroatoms. The highest BCUT2D eigenvalue weighted by molar-refractivity contribution is 5.76. The molecular formula is C14H23N3O. The highest BCUT2D eigenvalue weighted by Gasteiger charge is 2.16. The summed E-state index contributed by atoms with van der Waals surface area (Å²) in [5, 5.41) is 9.83. The Morgan fingerprint density at radius 3 is 2.72 bits per heavy atom. The van der Waals surface area contributed by atoms with E-state index < -0.39 is 0 Å². The monoisotopic (exact) mass is 249 g/mol. The molecule has 0 aromatic carbocycles. The van der Waals surface area contributed by atoms with Crippen LogP contribution in [0.25, 0.3) is 0 Å². The Balaban J connectivity index is 1.73. The first kappa shape index (κ1) is 13.1. The maximum Gasteiger partial charge on any atom is 0.220 e. The van der Waals surface area contributed by atoms with Gasteiger partial charge in [0.2, 0.25) is 5.91 Å². The molecule has 100 valence electrons. The lowest BCUT2D eigenvalue weighted by atomic mass is 9.96. The Morgan fingerprint density at radius 1 is 1.39 bits per heavy atom. The first-order chi connectivity index (χ1) is 8.75.